The Balaban J connectivity index is 1.92. The zero-order valence-corrected chi connectivity index (χ0v) is 13.7. The van der Waals surface area contributed by atoms with Crippen LogP contribution in [0.2, 0.25) is 0 Å². The van der Waals surface area contributed by atoms with Crippen LogP contribution < -0.4 is 0 Å². The minimum atomic E-state index is 1.35. The van der Waals surface area contributed by atoms with Crippen LogP contribution in [0.15, 0.2) is 77.6 Å². The summed E-state index contributed by atoms with van der Waals surface area (Å²) in [6, 6.07) is 13.2. The normalized spacial score (nSPS) is 15.8. The van der Waals surface area contributed by atoms with Gasteiger partial charge < -0.3 is 0 Å². The molecule has 4 rings (SSSR count). The van der Waals surface area contributed by atoms with Gasteiger partial charge in [0.25, 0.3) is 0 Å². The van der Waals surface area contributed by atoms with Gasteiger partial charge in [-0.25, -0.2) is 0 Å². The first-order chi connectivity index (χ1) is 9.93. The summed E-state index contributed by atoms with van der Waals surface area (Å²) < 4.78 is 0. The van der Waals surface area contributed by atoms with E-state index >= 15 is 0 Å². The predicted octanol–water partition coefficient (Wildman–Crippen LogP) is 6.69. The summed E-state index contributed by atoms with van der Waals surface area (Å²) in [4.78, 5) is 5.48. The van der Waals surface area contributed by atoms with Gasteiger partial charge in [-0.05, 0) is 44.9 Å². The summed E-state index contributed by atoms with van der Waals surface area (Å²) in [5.74, 6) is 0. The van der Waals surface area contributed by atoms with Crippen LogP contribution in [0.25, 0.3) is 11.1 Å². The molecule has 0 saturated carbocycles. The third-order valence-electron chi connectivity index (χ3n) is 3.12. The highest BCUT2D eigenvalue weighted by atomic mass is 32.2. The molecule has 0 atom stereocenters. The fourth-order valence-electron chi connectivity index (χ4n) is 2.28. The summed E-state index contributed by atoms with van der Waals surface area (Å²) in [7, 11) is 0. The minimum Gasteiger partial charge on any atom is -0.0963 e. The van der Waals surface area contributed by atoms with Crippen molar-refractivity contribution in [1.82, 2.24) is 0 Å². The zero-order chi connectivity index (χ0) is 13.4. The molecule has 20 heavy (non-hydrogen) atoms. The van der Waals surface area contributed by atoms with Gasteiger partial charge in [-0.2, -0.15) is 0 Å². The number of hydrogen-bond donors (Lipinski definition) is 0. The Bertz CT molecular complexity index is 668. The van der Waals surface area contributed by atoms with Crippen molar-refractivity contribution in [2.24, 2.45) is 0 Å². The molecule has 4 heteroatoms. The van der Waals surface area contributed by atoms with Crippen molar-refractivity contribution in [1.29, 1.82) is 0 Å². The lowest BCUT2D eigenvalue weighted by Gasteiger charge is -2.19. The first-order valence-corrected chi connectivity index (χ1v) is 9.68. The maximum atomic E-state index is 2.24. The molecule has 98 valence electrons. The average molecular weight is 331 g/mol. The quantitative estimate of drug-likeness (QED) is 0.571. The van der Waals surface area contributed by atoms with Crippen LogP contribution in [0.5, 0.6) is 0 Å². The zero-order valence-electron chi connectivity index (χ0n) is 10.4. The SMILES string of the molecule is C1=CSc2c(cccc2-c2cccc3c2SC=CS3)S1. The van der Waals surface area contributed by atoms with E-state index < -0.39 is 0 Å². The Labute approximate surface area is 135 Å². The summed E-state index contributed by atoms with van der Waals surface area (Å²) >= 11 is 7.27. The Morgan fingerprint density at radius 2 is 0.950 bits per heavy atom. The van der Waals surface area contributed by atoms with Crippen molar-refractivity contribution in [2.75, 3.05) is 0 Å². The van der Waals surface area contributed by atoms with Crippen molar-refractivity contribution in [2.45, 2.75) is 19.6 Å². The molecule has 0 fully saturated rings. The van der Waals surface area contributed by atoms with Gasteiger partial charge in [0, 0.05) is 19.6 Å². The summed E-state index contributed by atoms with van der Waals surface area (Å²) in [6.07, 6.45) is 0. The molecule has 0 N–H and O–H groups in total. The summed E-state index contributed by atoms with van der Waals surface area (Å²) in [5, 5.41) is 8.66. The summed E-state index contributed by atoms with van der Waals surface area (Å²) in [5.41, 5.74) is 2.70. The van der Waals surface area contributed by atoms with E-state index in [4.69, 9.17) is 0 Å². The Kier molecular flexibility index (Phi) is 3.65. The fraction of sp³-hybridized carbons (Fsp3) is 0. The number of rotatable bonds is 1. The molecule has 0 aliphatic carbocycles. The van der Waals surface area contributed by atoms with Crippen molar-refractivity contribution >= 4 is 47.0 Å². The van der Waals surface area contributed by atoms with Crippen LogP contribution in [0.1, 0.15) is 0 Å². The molecule has 2 aromatic carbocycles. The monoisotopic (exact) mass is 330 g/mol. The van der Waals surface area contributed by atoms with Crippen LogP contribution in [-0.2, 0) is 0 Å². The minimum absolute atomic E-state index is 1.35. The van der Waals surface area contributed by atoms with Crippen molar-refractivity contribution in [3.63, 3.8) is 0 Å². The van der Waals surface area contributed by atoms with Crippen molar-refractivity contribution < 1.29 is 0 Å². The van der Waals surface area contributed by atoms with Crippen LogP contribution in [-0.4, -0.2) is 0 Å². The molecule has 0 bridgehead atoms. The topological polar surface area (TPSA) is 0 Å². The molecule has 2 heterocycles. The van der Waals surface area contributed by atoms with Crippen LogP contribution in [0, 0.1) is 0 Å². The number of hydrogen-bond acceptors (Lipinski definition) is 4. The van der Waals surface area contributed by atoms with Crippen LogP contribution in [0.4, 0.5) is 0 Å². The predicted molar refractivity (Wildman–Crippen MR) is 93.6 cm³/mol. The first-order valence-electron chi connectivity index (χ1n) is 6.16. The van der Waals surface area contributed by atoms with Gasteiger partial charge in [-0.3, -0.25) is 0 Å². The molecule has 0 nitrogen and oxygen atoms in total. The smallest absolute Gasteiger partial charge is 0.0334 e. The van der Waals surface area contributed by atoms with E-state index in [1.807, 2.05) is 47.0 Å². The van der Waals surface area contributed by atoms with Gasteiger partial charge in [0.15, 0.2) is 0 Å². The van der Waals surface area contributed by atoms with Gasteiger partial charge in [0.1, 0.15) is 0 Å². The second-order valence-corrected chi connectivity index (χ2v) is 8.01. The van der Waals surface area contributed by atoms with Gasteiger partial charge in [0.05, 0.1) is 0 Å². The molecular weight excluding hydrogens is 320 g/mol. The van der Waals surface area contributed by atoms with Gasteiger partial charge in [0.2, 0.25) is 0 Å². The van der Waals surface area contributed by atoms with Crippen LogP contribution in [0.3, 0.4) is 0 Å². The lowest BCUT2D eigenvalue weighted by Crippen LogP contribution is -1.91. The number of thioether (sulfide) groups is 4. The molecule has 0 radical (unpaired) electrons. The van der Waals surface area contributed by atoms with Crippen LogP contribution >= 0.6 is 47.0 Å². The van der Waals surface area contributed by atoms with Crippen molar-refractivity contribution in [3.05, 3.63) is 58.0 Å². The molecule has 2 aliphatic heterocycles. The molecule has 2 aliphatic rings. The molecule has 0 unspecified atom stereocenters. The Morgan fingerprint density at radius 3 is 1.45 bits per heavy atom. The molecule has 0 spiro atoms. The molecular formula is C16H10S4. The van der Waals surface area contributed by atoms with Gasteiger partial charge in [-0.15, -0.1) is 0 Å². The van der Waals surface area contributed by atoms with E-state index in [0.29, 0.717) is 0 Å². The second kappa shape index (κ2) is 5.60. The highest BCUT2D eigenvalue weighted by Crippen LogP contribution is 2.48. The molecule has 2 aromatic rings. The molecule has 0 aromatic heterocycles. The van der Waals surface area contributed by atoms with E-state index in [-0.39, 0.29) is 0 Å². The summed E-state index contributed by atoms with van der Waals surface area (Å²) in [6.45, 7) is 0. The number of benzene rings is 2. The van der Waals surface area contributed by atoms with Crippen molar-refractivity contribution in [3.8, 4) is 11.1 Å². The highest BCUT2D eigenvalue weighted by molar-refractivity contribution is 8.08. The highest BCUT2D eigenvalue weighted by Gasteiger charge is 2.17. The average Bonchev–Trinajstić information content (AvgIpc) is 2.54. The third kappa shape index (κ3) is 2.25. The lowest BCUT2D eigenvalue weighted by atomic mass is 10.1. The fourth-order valence-corrected chi connectivity index (χ4v) is 6.04. The maximum absolute atomic E-state index is 2.24. The van der Waals surface area contributed by atoms with E-state index in [2.05, 4.69) is 58.0 Å². The van der Waals surface area contributed by atoms with Gasteiger partial charge >= 0.3 is 0 Å². The van der Waals surface area contributed by atoms with E-state index in [0.717, 1.165) is 0 Å². The third-order valence-corrected chi connectivity index (χ3v) is 7.35. The maximum Gasteiger partial charge on any atom is 0.0334 e. The van der Waals surface area contributed by atoms with E-state index in [1.54, 1.807) is 0 Å². The first kappa shape index (κ1) is 13.0. The Morgan fingerprint density at radius 1 is 0.500 bits per heavy atom. The Hall–Kier alpha value is -0.680. The molecule has 0 amide bonds. The lowest BCUT2D eigenvalue weighted by molar-refractivity contribution is 1.20. The number of fused-ring (bicyclic) bond motifs is 2. The standard InChI is InChI=1S/C16H10S4/c1-3-11(15-13(5-1)17-7-9-19-15)12-4-2-6-14-16(12)20-10-8-18-14/h1-10H. The van der Waals surface area contributed by atoms with Gasteiger partial charge in [-0.1, -0.05) is 71.3 Å². The largest absolute Gasteiger partial charge is 0.0963 e. The second-order valence-electron chi connectivity index (χ2n) is 4.28. The molecule has 0 saturated heterocycles. The van der Waals surface area contributed by atoms with E-state index in [9.17, 15) is 0 Å². The van der Waals surface area contributed by atoms with E-state index in [1.165, 1.54) is 30.7 Å².